The van der Waals surface area contributed by atoms with Crippen molar-refractivity contribution in [2.75, 3.05) is 34.2 Å². The topological polar surface area (TPSA) is 44.4 Å². The third-order valence-corrected chi connectivity index (χ3v) is 3.72. The summed E-state index contributed by atoms with van der Waals surface area (Å²) in [4.78, 5) is 14.0. The molecule has 1 aromatic carbocycles. The van der Waals surface area contributed by atoms with Gasteiger partial charge in [-0.2, -0.15) is 0 Å². The molecule has 0 saturated carbocycles. The molecule has 1 unspecified atom stereocenters. The zero-order chi connectivity index (χ0) is 15.7. The number of hydrogen-bond acceptors (Lipinski definition) is 3. The largest absolute Gasteiger partial charge is 0.354 e. The van der Waals surface area contributed by atoms with Crippen molar-refractivity contribution in [2.24, 2.45) is 0 Å². The average Bonchev–Trinajstić information content (AvgIpc) is 2.48. The molecule has 1 rings (SSSR count). The predicted molar refractivity (Wildman–Crippen MR) is 103 cm³/mol. The van der Waals surface area contributed by atoms with E-state index in [4.69, 9.17) is 0 Å². The normalized spacial score (nSPS) is 11.3. The maximum Gasteiger partial charge on any atom is 0.220 e. The van der Waals surface area contributed by atoms with E-state index in [0.29, 0.717) is 13.0 Å². The number of carbonyl (C=O) groups is 1. The molecule has 0 aliphatic carbocycles. The van der Waals surface area contributed by atoms with Crippen LogP contribution in [0.15, 0.2) is 24.3 Å². The fourth-order valence-corrected chi connectivity index (χ4v) is 2.30. The van der Waals surface area contributed by atoms with Crippen molar-refractivity contribution in [1.82, 2.24) is 15.5 Å². The second kappa shape index (κ2) is 13.6. The van der Waals surface area contributed by atoms with Crippen LogP contribution in [0.25, 0.3) is 0 Å². The highest BCUT2D eigenvalue weighted by molar-refractivity contribution is 5.85. The molecule has 2 N–H and O–H groups in total. The summed E-state index contributed by atoms with van der Waals surface area (Å²) in [5, 5.41) is 6.10. The molecule has 6 heteroatoms. The molecule has 1 aromatic rings. The molecule has 0 bridgehead atoms. The van der Waals surface area contributed by atoms with E-state index in [1.165, 1.54) is 11.1 Å². The maximum absolute atomic E-state index is 11.8. The van der Waals surface area contributed by atoms with Crippen LogP contribution in [0.1, 0.15) is 36.9 Å². The smallest absolute Gasteiger partial charge is 0.220 e. The van der Waals surface area contributed by atoms with Crippen molar-refractivity contribution < 1.29 is 4.79 Å². The number of amides is 1. The minimum Gasteiger partial charge on any atom is -0.354 e. The lowest BCUT2D eigenvalue weighted by atomic mass is 10.0. The molecule has 0 radical (unpaired) electrons. The monoisotopic (exact) mass is 363 g/mol. The van der Waals surface area contributed by atoms with Gasteiger partial charge in [-0.05, 0) is 51.7 Å². The molecule has 0 saturated heterocycles. The summed E-state index contributed by atoms with van der Waals surface area (Å²) in [6.45, 7) is 3.68. The zero-order valence-electron chi connectivity index (χ0n) is 14.6. The summed E-state index contributed by atoms with van der Waals surface area (Å²) in [6, 6.07) is 8.87. The summed E-state index contributed by atoms with van der Waals surface area (Å²) in [5.41, 5.74) is 2.58. The minimum absolute atomic E-state index is 0. The molecule has 1 atom stereocenters. The number of aryl methyl sites for hydroxylation is 1. The Kier molecular flexibility index (Phi) is 14.5. The van der Waals surface area contributed by atoms with Gasteiger partial charge in [-0.1, -0.05) is 31.2 Å². The van der Waals surface area contributed by atoms with Crippen LogP contribution in [0.5, 0.6) is 0 Å². The first-order valence-electron chi connectivity index (χ1n) is 7.75. The van der Waals surface area contributed by atoms with Gasteiger partial charge < -0.3 is 15.5 Å². The van der Waals surface area contributed by atoms with E-state index in [2.05, 4.69) is 46.7 Å². The third kappa shape index (κ3) is 9.16. The van der Waals surface area contributed by atoms with Crippen molar-refractivity contribution in [2.45, 2.75) is 32.2 Å². The Bertz CT molecular complexity index is 424. The molecule has 0 fully saturated rings. The van der Waals surface area contributed by atoms with E-state index >= 15 is 0 Å². The van der Waals surface area contributed by atoms with Gasteiger partial charge in [0, 0.05) is 13.0 Å². The SMILES string of the molecule is CCc1ccc(C(CNC(=O)CCCNC)N(C)C)cc1.Cl.Cl. The number of carbonyl (C=O) groups excluding carboxylic acids is 1. The number of rotatable bonds is 9. The second-order valence-electron chi connectivity index (χ2n) is 5.59. The van der Waals surface area contributed by atoms with Crippen molar-refractivity contribution in [3.05, 3.63) is 35.4 Å². The van der Waals surface area contributed by atoms with Crippen LogP contribution in [-0.4, -0.2) is 45.0 Å². The molecule has 0 aliphatic heterocycles. The van der Waals surface area contributed by atoms with Gasteiger partial charge in [0.15, 0.2) is 0 Å². The van der Waals surface area contributed by atoms with Crippen LogP contribution in [-0.2, 0) is 11.2 Å². The highest BCUT2D eigenvalue weighted by Gasteiger charge is 2.15. The molecular weight excluding hydrogens is 333 g/mol. The van der Waals surface area contributed by atoms with Gasteiger partial charge in [0.25, 0.3) is 0 Å². The summed E-state index contributed by atoms with van der Waals surface area (Å²) in [5.74, 6) is 0.127. The molecule has 0 spiro atoms. The Labute approximate surface area is 153 Å². The van der Waals surface area contributed by atoms with Crippen molar-refractivity contribution in [3.63, 3.8) is 0 Å². The third-order valence-electron chi connectivity index (χ3n) is 3.72. The molecule has 4 nitrogen and oxygen atoms in total. The zero-order valence-corrected chi connectivity index (χ0v) is 16.2. The van der Waals surface area contributed by atoms with Gasteiger partial charge >= 0.3 is 0 Å². The standard InChI is InChI=1S/C17H29N3O.2ClH/c1-5-14-8-10-15(11-9-14)16(20(3)4)13-19-17(21)7-6-12-18-2;;/h8-11,16,18H,5-7,12-13H2,1-4H3,(H,19,21);2*1H. The first-order valence-corrected chi connectivity index (χ1v) is 7.75. The van der Waals surface area contributed by atoms with Crippen LogP contribution in [0, 0.1) is 0 Å². The fraction of sp³-hybridized carbons (Fsp3) is 0.588. The Hall–Kier alpha value is -0.810. The Morgan fingerprint density at radius 3 is 2.26 bits per heavy atom. The highest BCUT2D eigenvalue weighted by Crippen LogP contribution is 2.18. The van der Waals surface area contributed by atoms with E-state index in [9.17, 15) is 4.79 Å². The van der Waals surface area contributed by atoms with Crippen molar-refractivity contribution >= 4 is 30.7 Å². The van der Waals surface area contributed by atoms with E-state index in [1.807, 2.05) is 21.1 Å². The molecule has 1 amide bonds. The number of likely N-dealkylation sites (N-methyl/N-ethyl adjacent to an activating group) is 1. The van der Waals surface area contributed by atoms with Gasteiger partial charge in [-0.15, -0.1) is 24.8 Å². The summed E-state index contributed by atoms with van der Waals surface area (Å²) in [6.07, 6.45) is 2.50. The molecule has 0 heterocycles. The van der Waals surface area contributed by atoms with E-state index in [1.54, 1.807) is 0 Å². The predicted octanol–water partition coefficient (Wildman–Crippen LogP) is 2.81. The summed E-state index contributed by atoms with van der Waals surface area (Å²) < 4.78 is 0. The average molecular weight is 364 g/mol. The molecular formula is C17H31Cl2N3O. The fourth-order valence-electron chi connectivity index (χ4n) is 2.30. The Morgan fingerprint density at radius 2 is 1.78 bits per heavy atom. The summed E-state index contributed by atoms with van der Waals surface area (Å²) >= 11 is 0. The van der Waals surface area contributed by atoms with Crippen LogP contribution >= 0.6 is 24.8 Å². The van der Waals surface area contributed by atoms with E-state index in [-0.39, 0.29) is 36.8 Å². The second-order valence-corrected chi connectivity index (χ2v) is 5.59. The molecule has 0 aromatic heterocycles. The van der Waals surface area contributed by atoms with Crippen molar-refractivity contribution in [1.29, 1.82) is 0 Å². The Morgan fingerprint density at radius 1 is 1.17 bits per heavy atom. The summed E-state index contributed by atoms with van der Waals surface area (Å²) in [7, 11) is 6.00. The lowest BCUT2D eigenvalue weighted by Gasteiger charge is -2.25. The number of halogens is 2. The lowest BCUT2D eigenvalue weighted by molar-refractivity contribution is -0.121. The first kappa shape index (κ1) is 24.4. The maximum atomic E-state index is 11.8. The first-order chi connectivity index (χ1) is 10.1. The van der Waals surface area contributed by atoms with Gasteiger partial charge in [-0.3, -0.25) is 4.79 Å². The quantitative estimate of drug-likeness (QED) is 0.663. The van der Waals surface area contributed by atoms with Crippen LogP contribution in [0.3, 0.4) is 0 Å². The number of benzene rings is 1. The van der Waals surface area contributed by atoms with Crippen LogP contribution in [0.2, 0.25) is 0 Å². The van der Waals surface area contributed by atoms with Crippen LogP contribution in [0.4, 0.5) is 0 Å². The van der Waals surface area contributed by atoms with Crippen LogP contribution < -0.4 is 10.6 Å². The number of hydrogen-bond donors (Lipinski definition) is 2. The van der Waals surface area contributed by atoms with Crippen molar-refractivity contribution in [3.8, 4) is 0 Å². The van der Waals surface area contributed by atoms with E-state index < -0.39 is 0 Å². The number of nitrogens with zero attached hydrogens (tertiary/aromatic N) is 1. The molecule has 0 aliphatic rings. The van der Waals surface area contributed by atoms with E-state index in [0.717, 1.165) is 19.4 Å². The number of nitrogens with one attached hydrogen (secondary N) is 2. The Balaban J connectivity index is 0. The molecule has 134 valence electrons. The lowest BCUT2D eigenvalue weighted by Crippen LogP contribution is -2.34. The molecule has 23 heavy (non-hydrogen) atoms. The van der Waals surface area contributed by atoms with Gasteiger partial charge in [0.05, 0.1) is 6.04 Å². The van der Waals surface area contributed by atoms with Gasteiger partial charge in [0.1, 0.15) is 0 Å². The van der Waals surface area contributed by atoms with Gasteiger partial charge in [-0.25, -0.2) is 0 Å². The highest BCUT2D eigenvalue weighted by atomic mass is 35.5. The van der Waals surface area contributed by atoms with Gasteiger partial charge in [0.2, 0.25) is 5.91 Å². The minimum atomic E-state index is 0.